The highest BCUT2D eigenvalue weighted by Gasteiger charge is 2.17. The van der Waals surface area contributed by atoms with E-state index < -0.39 is 0 Å². The van der Waals surface area contributed by atoms with Gasteiger partial charge in [-0.2, -0.15) is 0 Å². The lowest BCUT2D eigenvalue weighted by Crippen LogP contribution is -2.41. The van der Waals surface area contributed by atoms with E-state index in [1.807, 2.05) is 30.3 Å². The first kappa shape index (κ1) is 16.0. The van der Waals surface area contributed by atoms with Crippen molar-refractivity contribution in [3.63, 3.8) is 0 Å². The zero-order valence-corrected chi connectivity index (χ0v) is 12.8. The molecule has 0 radical (unpaired) electrons. The van der Waals surface area contributed by atoms with Gasteiger partial charge in [0.1, 0.15) is 0 Å². The molecule has 0 bridgehead atoms. The zero-order valence-electron chi connectivity index (χ0n) is 12.8. The highest BCUT2D eigenvalue weighted by molar-refractivity contribution is 5.79. The van der Waals surface area contributed by atoms with E-state index in [-0.39, 0.29) is 11.8 Å². The number of benzene rings is 1. The monoisotopic (exact) mass is 289 g/mol. The molecule has 4 nitrogen and oxygen atoms in total. The lowest BCUT2D eigenvalue weighted by Gasteiger charge is -2.26. The van der Waals surface area contributed by atoms with Gasteiger partial charge in [-0.05, 0) is 37.9 Å². The van der Waals surface area contributed by atoms with Crippen molar-refractivity contribution < 1.29 is 4.79 Å². The first-order valence-electron chi connectivity index (χ1n) is 8.03. The van der Waals surface area contributed by atoms with Crippen LogP contribution < -0.4 is 11.1 Å². The molecule has 0 aliphatic carbocycles. The van der Waals surface area contributed by atoms with Crippen LogP contribution in [0.25, 0.3) is 0 Å². The van der Waals surface area contributed by atoms with Gasteiger partial charge in [0.15, 0.2) is 0 Å². The number of amides is 1. The van der Waals surface area contributed by atoms with Crippen LogP contribution in [-0.2, 0) is 11.2 Å². The predicted molar refractivity (Wildman–Crippen MR) is 86.0 cm³/mol. The van der Waals surface area contributed by atoms with Gasteiger partial charge in [-0.3, -0.25) is 4.79 Å². The number of piperidine rings is 1. The molecule has 2 rings (SSSR count). The summed E-state index contributed by atoms with van der Waals surface area (Å²) in [5, 5.41) is 3.04. The minimum Gasteiger partial charge on any atom is -0.355 e. The van der Waals surface area contributed by atoms with Crippen molar-refractivity contribution in [2.24, 2.45) is 11.7 Å². The Morgan fingerprint density at radius 3 is 2.57 bits per heavy atom. The van der Waals surface area contributed by atoms with Gasteiger partial charge in [0.2, 0.25) is 5.91 Å². The van der Waals surface area contributed by atoms with E-state index in [0.717, 1.165) is 13.1 Å². The van der Waals surface area contributed by atoms with Gasteiger partial charge in [-0.1, -0.05) is 36.8 Å². The van der Waals surface area contributed by atoms with Crippen LogP contribution in [0, 0.1) is 5.92 Å². The van der Waals surface area contributed by atoms with Crippen LogP contribution in [0.4, 0.5) is 0 Å². The molecule has 1 atom stereocenters. The summed E-state index contributed by atoms with van der Waals surface area (Å²) in [6.07, 6.45) is 4.63. The van der Waals surface area contributed by atoms with Crippen molar-refractivity contribution in [1.29, 1.82) is 0 Å². The van der Waals surface area contributed by atoms with E-state index in [2.05, 4.69) is 10.2 Å². The van der Waals surface area contributed by atoms with Crippen LogP contribution in [0.1, 0.15) is 24.8 Å². The van der Waals surface area contributed by atoms with Gasteiger partial charge in [0.05, 0.1) is 5.92 Å². The number of rotatable bonds is 7. The molecule has 1 aromatic carbocycles. The maximum absolute atomic E-state index is 12.2. The predicted octanol–water partition coefficient (Wildman–Crippen LogP) is 1.41. The molecule has 0 saturated carbocycles. The summed E-state index contributed by atoms with van der Waals surface area (Å²) < 4.78 is 0. The van der Waals surface area contributed by atoms with Crippen LogP contribution in [0.2, 0.25) is 0 Å². The SMILES string of the molecule is NCC(Cc1ccccc1)C(=O)NCCN1CCCCC1. The Morgan fingerprint density at radius 2 is 1.90 bits per heavy atom. The molecule has 1 aromatic rings. The minimum atomic E-state index is -0.131. The van der Waals surface area contributed by atoms with Gasteiger partial charge in [-0.15, -0.1) is 0 Å². The number of nitrogens with two attached hydrogens (primary N) is 1. The van der Waals surface area contributed by atoms with E-state index in [1.54, 1.807) is 0 Å². The van der Waals surface area contributed by atoms with Gasteiger partial charge < -0.3 is 16.0 Å². The van der Waals surface area contributed by atoms with Crippen molar-refractivity contribution in [3.8, 4) is 0 Å². The maximum Gasteiger partial charge on any atom is 0.224 e. The fourth-order valence-electron chi connectivity index (χ4n) is 2.85. The summed E-state index contributed by atoms with van der Waals surface area (Å²) in [6, 6.07) is 10.1. The lowest BCUT2D eigenvalue weighted by atomic mass is 9.98. The quantitative estimate of drug-likeness (QED) is 0.798. The second-order valence-electron chi connectivity index (χ2n) is 5.82. The number of hydrogen-bond donors (Lipinski definition) is 2. The molecule has 1 heterocycles. The highest BCUT2D eigenvalue weighted by atomic mass is 16.1. The van der Waals surface area contributed by atoms with Crippen molar-refractivity contribution in [2.45, 2.75) is 25.7 Å². The number of nitrogens with one attached hydrogen (secondary N) is 1. The van der Waals surface area contributed by atoms with Crippen LogP contribution >= 0.6 is 0 Å². The summed E-state index contributed by atoms with van der Waals surface area (Å²) >= 11 is 0. The molecule has 4 heteroatoms. The molecular formula is C17H27N3O. The van der Waals surface area contributed by atoms with Crippen molar-refractivity contribution in [3.05, 3.63) is 35.9 Å². The van der Waals surface area contributed by atoms with Crippen molar-refractivity contribution >= 4 is 5.91 Å². The molecule has 1 fully saturated rings. The molecule has 0 aromatic heterocycles. The Balaban J connectivity index is 1.72. The summed E-state index contributed by atoms with van der Waals surface area (Å²) in [5.41, 5.74) is 6.93. The maximum atomic E-state index is 12.2. The fraction of sp³-hybridized carbons (Fsp3) is 0.588. The molecule has 1 amide bonds. The van der Waals surface area contributed by atoms with Gasteiger partial charge in [0, 0.05) is 19.6 Å². The lowest BCUT2D eigenvalue weighted by molar-refractivity contribution is -0.124. The van der Waals surface area contributed by atoms with Gasteiger partial charge >= 0.3 is 0 Å². The number of carbonyl (C=O) groups excluding carboxylic acids is 1. The van der Waals surface area contributed by atoms with Crippen molar-refractivity contribution in [2.75, 3.05) is 32.7 Å². The Hall–Kier alpha value is -1.39. The fourth-order valence-corrected chi connectivity index (χ4v) is 2.85. The van der Waals surface area contributed by atoms with E-state index >= 15 is 0 Å². The molecule has 1 saturated heterocycles. The summed E-state index contributed by atoms with van der Waals surface area (Å²) in [6.45, 7) is 4.41. The first-order chi connectivity index (χ1) is 10.3. The first-order valence-corrected chi connectivity index (χ1v) is 8.03. The third-order valence-corrected chi connectivity index (χ3v) is 4.16. The second kappa shape index (κ2) is 8.80. The average Bonchev–Trinajstić information content (AvgIpc) is 2.54. The molecule has 1 unspecified atom stereocenters. The van der Waals surface area contributed by atoms with E-state index in [1.165, 1.54) is 37.9 Å². The molecular weight excluding hydrogens is 262 g/mol. The number of likely N-dealkylation sites (tertiary alicyclic amines) is 1. The topological polar surface area (TPSA) is 58.4 Å². The van der Waals surface area contributed by atoms with Crippen LogP contribution in [0.15, 0.2) is 30.3 Å². The third kappa shape index (κ3) is 5.48. The van der Waals surface area contributed by atoms with Crippen LogP contribution in [0.3, 0.4) is 0 Å². The van der Waals surface area contributed by atoms with Crippen LogP contribution in [0.5, 0.6) is 0 Å². The van der Waals surface area contributed by atoms with E-state index in [9.17, 15) is 4.79 Å². The molecule has 1 aliphatic rings. The Morgan fingerprint density at radius 1 is 1.19 bits per heavy atom. The summed E-state index contributed by atoms with van der Waals surface area (Å²) in [7, 11) is 0. The number of nitrogens with zero attached hydrogens (tertiary/aromatic N) is 1. The smallest absolute Gasteiger partial charge is 0.224 e. The van der Waals surface area contributed by atoms with E-state index in [4.69, 9.17) is 5.73 Å². The zero-order chi connectivity index (χ0) is 14.9. The van der Waals surface area contributed by atoms with Gasteiger partial charge in [-0.25, -0.2) is 0 Å². The van der Waals surface area contributed by atoms with Crippen molar-refractivity contribution in [1.82, 2.24) is 10.2 Å². The average molecular weight is 289 g/mol. The summed E-state index contributed by atoms with van der Waals surface area (Å²) in [5.74, 6) is -0.0490. The molecule has 0 spiro atoms. The Kier molecular flexibility index (Phi) is 6.70. The second-order valence-corrected chi connectivity index (χ2v) is 5.82. The minimum absolute atomic E-state index is 0.0818. The Bertz CT molecular complexity index is 415. The highest BCUT2D eigenvalue weighted by Crippen LogP contribution is 2.09. The van der Waals surface area contributed by atoms with Gasteiger partial charge in [0.25, 0.3) is 0 Å². The number of hydrogen-bond acceptors (Lipinski definition) is 3. The Labute approximate surface area is 127 Å². The largest absolute Gasteiger partial charge is 0.355 e. The van der Waals surface area contributed by atoms with Crippen LogP contribution in [-0.4, -0.2) is 43.5 Å². The summed E-state index contributed by atoms with van der Waals surface area (Å²) in [4.78, 5) is 14.6. The molecule has 1 aliphatic heterocycles. The molecule has 21 heavy (non-hydrogen) atoms. The van der Waals surface area contributed by atoms with E-state index in [0.29, 0.717) is 13.0 Å². The standard InChI is InChI=1S/C17H27N3O/c18-14-16(13-15-7-3-1-4-8-15)17(21)19-9-12-20-10-5-2-6-11-20/h1,3-4,7-8,16H,2,5-6,9-14,18H2,(H,19,21). The third-order valence-electron chi connectivity index (χ3n) is 4.16. The molecule has 116 valence electrons. The normalized spacial score (nSPS) is 17.4. The number of carbonyl (C=O) groups is 1. The molecule has 3 N–H and O–H groups in total.